The number of aryl methyl sites for hydroxylation is 1. The van der Waals surface area contributed by atoms with Gasteiger partial charge in [0, 0.05) is 44.5 Å². The Kier molecular flexibility index (Phi) is 8.39. The molecule has 0 spiro atoms. The summed E-state index contributed by atoms with van der Waals surface area (Å²) in [5.74, 6) is 1.06. The van der Waals surface area contributed by atoms with Crippen LogP contribution in [0.2, 0.25) is 0 Å². The fourth-order valence-electron chi connectivity index (χ4n) is 4.21. The molecule has 152 valence electrons. The normalized spacial score (nSPS) is 20.7. The van der Waals surface area contributed by atoms with Crippen LogP contribution in [-0.2, 0) is 6.54 Å². The summed E-state index contributed by atoms with van der Waals surface area (Å²) in [4.78, 5) is 19.3. The maximum Gasteiger partial charge on any atom is 0.250 e. The first-order chi connectivity index (χ1) is 13.0. The van der Waals surface area contributed by atoms with Crippen LogP contribution in [0.3, 0.4) is 0 Å². The van der Waals surface area contributed by atoms with Crippen molar-refractivity contribution in [1.29, 1.82) is 0 Å². The Morgan fingerprint density at radius 2 is 2.11 bits per heavy atom. The molecule has 0 bridgehead atoms. The first-order valence-electron chi connectivity index (χ1n) is 10.7. The molecule has 2 rings (SSSR count). The second-order valence-corrected chi connectivity index (χ2v) is 8.19. The number of nitrogens with one attached hydrogen (secondary N) is 1. The molecule has 1 unspecified atom stereocenters. The molecular weight excluding hydrogens is 336 g/mol. The second-order valence-electron chi connectivity index (χ2n) is 8.19. The lowest BCUT2D eigenvalue weighted by Crippen LogP contribution is -2.49. The van der Waals surface area contributed by atoms with E-state index in [0.29, 0.717) is 5.41 Å². The highest BCUT2D eigenvalue weighted by Gasteiger charge is 2.31. The highest BCUT2D eigenvalue weighted by Crippen LogP contribution is 2.33. The molecule has 0 radical (unpaired) electrons. The standard InChI is InChI=1S/C22H38N4O/c1-5-13-22(4)14-10-16-25(18-22)21(23-6-2)24-15-7-8-17-26-19(3)11-9-12-20(26)27/h9,11-12H,5-8,10,13-18H2,1-4H3,(H,23,24). The van der Waals surface area contributed by atoms with Gasteiger partial charge in [0.1, 0.15) is 0 Å². The van der Waals surface area contributed by atoms with Crippen LogP contribution in [0.4, 0.5) is 0 Å². The molecule has 5 heteroatoms. The van der Waals surface area contributed by atoms with E-state index in [0.717, 1.165) is 57.2 Å². The summed E-state index contributed by atoms with van der Waals surface area (Å²) in [5.41, 5.74) is 1.54. The molecular formula is C22H38N4O. The van der Waals surface area contributed by atoms with Gasteiger partial charge in [-0.2, -0.15) is 0 Å². The van der Waals surface area contributed by atoms with E-state index in [1.807, 2.05) is 23.6 Å². The highest BCUT2D eigenvalue weighted by atomic mass is 16.1. The van der Waals surface area contributed by atoms with E-state index in [1.165, 1.54) is 25.7 Å². The topological polar surface area (TPSA) is 49.6 Å². The fourth-order valence-corrected chi connectivity index (χ4v) is 4.21. The minimum Gasteiger partial charge on any atom is -0.357 e. The number of rotatable bonds is 8. The van der Waals surface area contributed by atoms with Crippen LogP contribution in [0.25, 0.3) is 0 Å². The van der Waals surface area contributed by atoms with Gasteiger partial charge in [0.15, 0.2) is 5.96 Å². The quantitative estimate of drug-likeness (QED) is 0.428. The van der Waals surface area contributed by atoms with Crippen molar-refractivity contribution in [2.24, 2.45) is 10.4 Å². The Morgan fingerprint density at radius 3 is 2.81 bits per heavy atom. The van der Waals surface area contributed by atoms with Crippen molar-refractivity contribution < 1.29 is 0 Å². The van der Waals surface area contributed by atoms with Crippen molar-refractivity contribution in [2.45, 2.75) is 72.8 Å². The van der Waals surface area contributed by atoms with Gasteiger partial charge in [-0.3, -0.25) is 9.79 Å². The summed E-state index contributed by atoms with van der Waals surface area (Å²) in [7, 11) is 0. The van der Waals surface area contributed by atoms with Crippen LogP contribution < -0.4 is 10.9 Å². The molecule has 1 atom stereocenters. The summed E-state index contributed by atoms with van der Waals surface area (Å²) in [6.07, 6.45) is 7.07. The third-order valence-corrected chi connectivity index (χ3v) is 5.59. The lowest BCUT2D eigenvalue weighted by Gasteiger charge is -2.42. The molecule has 1 aromatic heterocycles. The van der Waals surface area contributed by atoms with E-state index in [2.05, 4.69) is 31.0 Å². The minimum absolute atomic E-state index is 0.0929. The van der Waals surface area contributed by atoms with Gasteiger partial charge in [-0.25, -0.2) is 0 Å². The average Bonchev–Trinajstić information content (AvgIpc) is 2.62. The number of guanidine groups is 1. The maximum absolute atomic E-state index is 11.9. The van der Waals surface area contributed by atoms with Crippen LogP contribution in [0, 0.1) is 12.3 Å². The predicted octanol–water partition coefficient (Wildman–Crippen LogP) is 3.80. The van der Waals surface area contributed by atoms with E-state index < -0.39 is 0 Å². The molecule has 2 heterocycles. The minimum atomic E-state index is 0.0929. The third-order valence-electron chi connectivity index (χ3n) is 5.59. The number of hydrogen-bond acceptors (Lipinski definition) is 2. The molecule has 1 fully saturated rings. The van der Waals surface area contributed by atoms with E-state index in [4.69, 9.17) is 4.99 Å². The number of aromatic nitrogens is 1. The fraction of sp³-hybridized carbons (Fsp3) is 0.727. The molecule has 0 aromatic carbocycles. The van der Waals surface area contributed by atoms with Crippen molar-refractivity contribution in [3.8, 4) is 0 Å². The zero-order chi connectivity index (χ0) is 19.7. The summed E-state index contributed by atoms with van der Waals surface area (Å²) in [6, 6.07) is 5.46. The molecule has 0 aliphatic carbocycles. The smallest absolute Gasteiger partial charge is 0.250 e. The van der Waals surface area contributed by atoms with Gasteiger partial charge in [-0.05, 0) is 57.4 Å². The Balaban J connectivity index is 1.88. The Bertz CT molecular complexity index is 663. The van der Waals surface area contributed by atoms with Crippen LogP contribution in [-0.4, -0.2) is 41.6 Å². The summed E-state index contributed by atoms with van der Waals surface area (Å²) >= 11 is 0. The Morgan fingerprint density at radius 1 is 1.30 bits per heavy atom. The number of likely N-dealkylation sites (tertiary alicyclic amines) is 1. The molecule has 1 aliphatic rings. The van der Waals surface area contributed by atoms with Crippen molar-refractivity contribution in [3.05, 3.63) is 34.2 Å². The van der Waals surface area contributed by atoms with Gasteiger partial charge in [0.05, 0.1) is 0 Å². The van der Waals surface area contributed by atoms with E-state index in [1.54, 1.807) is 6.07 Å². The number of hydrogen-bond donors (Lipinski definition) is 1. The lowest BCUT2D eigenvalue weighted by molar-refractivity contribution is 0.142. The highest BCUT2D eigenvalue weighted by molar-refractivity contribution is 5.80. The monoisotopic (exact) mass is 374 g/mol. The largest absolute Gasteiger partial charge is 0.357 e. The van der Waals surface area contributed by atoms with Gasteiger partial charge in [0.2, 0.25) is 0 Å². The van der Waals surface area contributed by atoms with Gasteiger partial charge in [-0.15, -0.1) is 0 Å². The molecule has 0 amide bonds. The van der Waals surface area contributed by atoms with E-state index in [-0.39, 0.29) is 5.56 Å². The van der Waals surface area contributed by atoms with Gasteiger partial charge < -0.3 is 14.8 Å². The van der Waals surface area contributed by atoms with E-state index in [9.17, 15) is 4.79 Å². The molecule has 1 saturated heterocycles. The lowest BCUT2D eigenvalue weighted by atomic mass is 9.78. The zero-order valence-electron chi connectivity index (χ0n) is 17.8. The predicted molar refractivity (Wildman–Crippen MR) is 114 cm³/mol. The van der Waals surface area contributed by atoms with Gasteiger partial charge >= 0.3 is 0 Å². The first-order valence-corrected chi connectivity index (χ1v) is 10.7. The van der Waals surface area contributed by atoms with Crippen LogP contribution in [0.15, 0.2) is 28.0 Å². The summed E-state index contributed by atoms with van der Waals surface area (Å²) in [5, 5.41) is 3.48. The van der Waals surface area contributed by atoms with Crippen molar-refractivity contribution in [3.63, 3.8) is 0 Å². The number of pyridine rings is 1. The number of nitrogens with zero attached hydrogens (tertiary/aromatic N) is 3. The van der Waals surface area contributed by atoms with Gasteiger partial charge in [0.25, 0.3) is 5.56 Å². The molecule has 1 aromatic rings. The molecule has 27 heavy (non-hydrogen) atoms. The number of unbranched alkanes of at least 4 members (excludes halogenated alkanes) is 1. The summed E-state index contributed by atoms with van der Waals surface area (Å²) < 4.78 is 1.86. The first kappa shape index (κ1) is 21.5. The van der Waals surface area contributed by atoms with E-state index >= 15 is 0 Å². The summed E-state index contributed by atoms with van der Waals surface area (Å²) in [6.45, 7) is 13.5. The molecule has 1 aliphatic heterocycles. The Labute approximate surface area is 164 Å². The second kappa shape index (κ2) is 10.5. The molecule has 1 N–H and O–H groups in total. The van der Waals surface area contributed by atoms with Crippen LogP contribution in [0.5, 0.6) is 0 Å². The average molecular weight is 375 g/mol. The van der Waals surface area contributed by atoms with Crippen LogP contribution in [0.1, 0.15) is 65.0 Å². The van der Waals surface area contributed by atoms with Crippen molar-refractivity contribution in [2.75, 3.05) is 26.2 Å². The Hall–Kier alpha value is -1.78. The third kappa shape index (κ3) is 6.40. The SMILES string of the molecule is CCCC1(C)CCCN(C(=NCCCCn2c(C)cccc2=O)NCC)C1. The van der Waals surface area contributed by atoms with Crippen molar-refractivity contribution in [1.82, 2.24) is 14.8 Å². The van der Waals surface area contributed by atoms with Crippen LogP contribution >= 0.6 is 0 Å². The maximum atomic E-state index is 11.9. The number of piperidine rings is 1. The molecule has 5 nitrogen and oxygen atoms in total. The number of aliphatic imine (C=N–C) groups is 1. The molecule has 0 saturated carbocycles. The zero-order valence-corrected chi connectivity index (χ0v) is 17.8. The van der Waals surface area contributed by atoms with Crippen molar-refractivity contribution >= 4 is 5.96 Å². The van der Waals surface area contributed by atoms with Gasteiger partial charge in [-0.1, -0.05) is 26.3 Å².